The molecule has 2 atom stereocenters. The second-order valence-electron chi connectivity index (χ2n) is 11.5. The number of fused-ring (bicyclic) bond motifs is 2. The summed E-state index contributed by atoms with van der Waals surface area (Å²) in [6.45, 7) is 14.6. The lowest BCUT2D eigenvalue weighted by Gasteiger charge is -2.29. The molecule has 3 aromatic rings. The van der Waals surface area contributed by atoms with Crippen molar-refractivity contribution in [3.8, 4) is 16.9 Å². The number of carbonyl (C=O) groups excluding carboxylic acids is 1. The number of rotatable bonds is 7. The van der Waals surface area contributed by atoms with E-state index in [2.05, 4.69) is 36.6 Å². The fraction of sp³-hybridized carbons (Fsp3) is 0.548. The summed E-state index contributed by atoms with van der Waals surface area (Å²) in [5, 5.41) is 1.06. The van der Waals surface area contributed by atoms with Crippen LogP contribution in [-0.4, -0.2) is 47.5 Å². The summed E-state index contributed by atoms with van der Waals surface area (Å²) in [7, 11) is 1.41. The van der Waals surface area contributed by atoms with E-state index in [1.54, 1.807) is 0 Å². The molecule has 1 unspecified atom stereocenters. The summed E-state index contributed by atoms with van der Waals surface area (Å²) < 4.78 is 25.6. The van der Waals surface area contributed by atoms with Crippen molar-refractivity contribution in [2.24, 2.45) is 0 Å². The molecule has 0 spiro atoms. The van der Waals surface area contributed by atoms with Crippen molar-refractivity contribution in [1.29, 1.82) is 0 Å². The van der Waals surface area contributed by atoms with Crippen LogP contribution < -0.4 is 4.74 Å². The van der Waals surface area contributed by atoms with Crippen LogP contribution in [-0.2, 0) is 32.0 Å². The van der Waals surface area contributed by atoms with E-state index in [0.717, 1.165) is 90.2 Å². The fourth-order valence-electron chi connectivity index (χ4n) is 5.68. The highest BCUT2D eigenvalue weighted by atomic mass is 16.6. The minimum absolute atomic E-state index is 0.316. The molecule has 1 saturated heterocycles. The van der Waals surface area contributed by atoms with E-state index in [9.17, 15) is 4.79 Å². The lowest BCUT2D eigenvalue weighted by Crippen LogP contribution is -2.29. The molecule has 0 bridgehead atoms. The van der Waals surface area contributed by atoms with Gasteiger partial charge in [0.05, 0.1) is 25.4 Å². The second kappa shape index (κ2) is 10.3. The molecule has 7 nitrogen and oxygen atoms in total. The van der Waals surface area contributed by atoms with Crippen molar-refractivity contribution < 1.29 is 23.7 Å². The Kier molecular flexibility index (Phi) is 7.27. The van der Waals surface area contributed by atoms with E-state index in [4.69, 9.17) is 23.9 Å². The maximum atomic E-state index is 13.3. The molecule has 4 heterocycles. The first-order chi connectivity index (χ1) is 18.1. The van der Waals surface area contributed by atoms with E-state index < -0.39 is 17.7 Å². The van der Waals surface area contributed by atoms with E-state index in [1.165, 1.54) is 18.4 Å². The van der Waals surface area contributed by atoms with Crippen LogP contribution in [0.4, 0.5) is 0 Å². The molecule has 0 radical (unpaired) electrons. The molecular formula is C31H40N2O5. The number of benzene rings is 1. The number of ether oxygens (including phenoxy) is 4. The molecule has 1 fully saturated rings. The third-order valence-electron chi connectivity index (χ3n) is 7.80. The Bertz CT molecular complexity index is 1360. The Morgan fingerprint density at radius 1 is 1.21 bits per heavy atom. The standard InChI is InChI=1S/C31H40N2O5/c1-18-20(3)33(14-12-23-13-16-36-23)29-25(18)27(22-10-11-24-21(17-22)9-8-15-37-24)26(19(2)32-29)28(30(34)35-7)38-31(4,5)6/h10-11,17,23,28H,8-9,12-16H2,1-7H3/t23?,28-/m0/s1. The summed E-state index contributed by atoms with van der Waals surface area (Å²) in [4.78, 5) is 18.4. The van der Waals surface area contributed by atoms with Crippen molar-refractivity contribution in [1.82, 2.24) is 9.55 Å². The van der Waals surface area contributed by atoms with E-state index in [-0.39, 0.29) is 0 Å². The number of methoxy groups -OCH3 is 1. The molecule has 0 saturated carbocycles. The van der Waals surface area contributed by atoms with E-state index in [0.29, 0.717) is 6.10 Å². The van der Waals surface area contributed by atoms with Crippen LogP contribution in [0.25, 0.3) is 22.2 Å². The van der Waals surface area contributed by atoms with Gasteiger partial charge in [-0.05, 0) is 96.0 Å². The Morgan fingerprint density at radius 2 is 1.97 bits per heavy atom. The quantitative estimate of drug-likeness (QED) is 0.347. The highest BCUT2D eigenvalue weighted by molar-refractivity contribution is 6.01. The first kappa shape index (κ1) is 26.7. The Balaban J connectivity index is 1.78. The first-order valence-corrected chi connectivity index (χ1v) is 13.7. The topological polar surface area (TPSA) is 71.8 Å². The largest absolute Gasteiger partial charge is 0.493 e. The van der Waals surface area contributed by atoms with Gasteiger partial charge in [0.1, 0.15) is 11.4 Å². The van der Waals surface area contributed by atoms with Gasteiger partial charge in [0.2, 0.25) is 0 Å². The Morgan fingerprint density at radius 3 is 2.63 bits per heavy atom. The third kappa shape index (κ3) is 4.94. The summed E-state index contributed by atoms with van der Waals surface area (Å²) in [6.07, 6.45) is 3.42. The van der Waals surface area contributed by atoms with Gasteiger partial charge < -0.3 is 23.5 Å². The molecule has 1 aromatic carbocycles. The van der Waals surface area contributed by atoms with Gasteiger partial charge in [-0.1, -0.05) is 6.07 Å². The number of esters is 1. The molecule has 2 aliphatic heterocycles. The van der Waals surface area contributed by atoms with Crippen LogP contribution in [0.3, 0.4) is 0 Å². The minimum atomic E-state index is -0.911. The van der Waals surface area contributed by atoms with Crippen LogP contribution >= 0.6 is 0 Å². The van der Waals surface area contributed by atoms with Crippen LogP contribution in [0, 0.1) is 20.8 Å². The average Bonchev–Trinajstić information content (AvgIpc) is 3.08. The lowest BCUT2D eigenvalue weighted by molar-refractivity contribution is -0.164. The minimum Gasteiger partial charge on any atom is -0.493 e. The van der Waals surface area contributed by atoms with Crippen molar-refractivity contribution in [3.05, 3.63) is 46.3 Å². The van der Waals surface area contributed by atoms with Gasteiger partial charge in [0.25, 0.3) is 0 Å². The molecule has 204 valence electrons. The normalized spacial score (nSPS) is 18.0. The van der Waals surface area contributed by atoms with E-state index >= 15 is 0 Å². The molecule has 2 aromatic heterocycles. The van der Waals surface area contributed by atoms with Gasteiger partial charge >= 0.3 is 5.97 Å². The van der Waals surface area contributed by atoms with Crippen LogP contribution in [0.1, 0.15) is 74.2 Å². The number of aromatic nitrogens is 2. The predicted octanol–water partition coefficient (Wildman–Crippen LogP) is 6.16. The predicted molar refractivity (Wildman–Crippen MR) is 148 cm³/mol. The van der Waals surface area contributed by atoms with Gasteiger partial charge in [0.15, 0.2) is 6.10 Å². The number of pyridine rings is 1. The highest BCUT2D eigenvalue weighted by Gasteiger charge is 2.35. The molecule has 7 heteroatoms. The zero-order chi connectivity index (χ0) is 27.2. The SMILES string of the molecule is COC(=O)[C@@H](OC(C)(C)C)c1c(C)nc2c(c(C)c(C)n2CCC2CCO2)c1-c1ccc2c(c1)CCCO2. The van der Waals surface area contributed by atoms with Gasteiger partial charge in [-0.15, -0.1) is 0 Å². The van der Waals surface area contributed by atoms with Crippen molar-refractivity contribution >= 4 is 17.0 Å². The summed E-state index contributed by atoms with van der Waals surface area (Å²) in [5.41, 5.74) is 7.44. The number of nitrogens with zero attached hydrogens (tertiary/aromatic N) is 2. The number of hydrogen-bond acceptors (Lipinski definition) is 6. The molecular weight excluding hydrogens is 480 g/mol. The fourth-order valence-corrected chi connectivity index (χ4v) is 5.68. The van der Waals surface area contributed by atoms with Crippen molar-refractivity contribution in [2.45, 2.75) is 91.6 Å². The third-order valence-corrected chi connectivity index (χ3v) is 7.80. The molecule has 38 heavy (non-hydrogen) atoms. The smallest absolute Gasteiger partial charge is 0.339 e. The van der Waals surface area contributed by atoms with Crippen LogP contribution in [0.2, 0.25) is 0 Å². The summed E-state index contributed by atoms with van der Waals surface area (Å²) >= 11 is 0. The monoisotopic (exact) mass is 520 g/mol. The van der Waals surface area contributed by atoms with Gasteiger partial charge in [0, 0.05) is 41.1 Å². The van der Waals surface area contributed by atoms with Crippen LogP contribution in [0.15, 0.2) is 18.2 Å². The van der Waals surface area contributed by atoms with Gasteiger partial charge in [-0.25, -0.2) is 9.78 Å². The molecule has 5 rings (SSSR count). The highest BCUT2D eigenvalue weighted by Crippen LogP contribution is 2.43. The van der Waals surface area contributed by atoms with Gasteiger partial charge in [-0.3, -0.25) is 0 Å². The maximum Gasteiger partial charge on any atom is 0.339 e. The summed E-state index contributed by atoms with van der Waals surface area (Å²) in [5.74, 6) is 0.507. The zero-order valence-electron chi connectivity index (χ0n) is 23.8. The molecule has 0 N–H and O–H groups in total. The zero-order valence-corrected chi connectivity index (χ0v) is 23.8. The second-order valence-corrected chi connectivity index (χ2v) is 11.5. The first-order valence-electron chi connectivity index (χ1n) is 13.7. The van der Waals surface area contributed by atoms with Crippen molar-refractivity contribution in [2.75, 3.05) is 20.3 Å². The lowest BCUT2D eigenvalue weighted by atomic mass is 9.89. The van der Waals surface area contributed by atoms with Crippen LogP contribution in [0.5, 0.6) is 5.75 Å². The van der Waals surface area contributed by atoms with Gasteiger partial charge in [-0.2, -0.15) is 0 Å². The molecule has 0 aliphatic carbocycles. The Labute approximate surface area is 225 Å². The Hall–Kier alpha value is -2.90. The molecule has 2 aliphatic rings. The number of hydrogen-bond donors (Lipinski definition) is 0. The summed E-state index contributed by atoms with van der Waals surface area (Å²) in [6, 6.07) is 6.37. The average molecular weight is 521 g/mol. The molecule has 0 amide bonds. The van der Waals surface area contributed by atoms with Crippen molar-refractivity contribution in [3.63, 3.8) is 0 Å². The number of carbonyl (C=O) groups is 1. The maximum absolute atomic E-state index is 13.3. The number of aryl methyl sites for hydroxylation is 4. The van der Waals surface area contributed by atoms with E-state index in [1.807, 2.05) is 27.7 Å².